The van der Waals surface area contributed by atoms with Crippen molar-refractivity contribution in [3.63, 3.8) is 0 Å². The fourth-order valence-electron chi connectivity index (χ4n) is 2.36. The van der Waals surface area contributed by atoms with Gasteiger partial charge in [-0.05, 0) is 24.3 Å². The Balaban J connectivity index is 1.28. The minimum Gasteiger partial charge on any atom is -0.492 e. The van der Waals surface area contributed by atoms with E-state index in [0.29, 0.717) is 54.9 Å². The maximum absolute atomic E-state index is 11.7. The molecule has 2 amide bonds. The first-order chi connectivity index (χ1) is 13.3. The molecule has 1 aromatic heterocycles. The predicted molar refractivity (Wildman–Crippen MR) is 96.9 cm³/mol. The molecule has 3 N–H and O–H groups in total. The highest BCUT2D eigenvalue weighted by atomic mass is 16.7. The van der Waals surface area contributed by atoms with Gasteiger partial charge in [-0.3, -0.25) is 0 Å². The van der Waals surface area contributed by atoms with Crippen LogP contribution in [0.15, 0.2) is 36.5 Å². The van der Waals surface area contributed by atoms with E-state index < -0.39 is 0 Å². The molecular weight excluding hydrogens is 350 g/mol. The van der Waals surface area contributed by atoms with Crippen LogP contribution in [-0.4, -0.2) is 44.0 Å². The lowest BCUT2D eigenvalue weighted by molar-refractivity contribution is 0.173. The Morgan fingerprint density at radius 3 is 2.93 bits per heavy atom. The fraction of sp³-hybridized carbons (Fsp3) is 0.278. The third-order valence-electron chi connectivity index (χ3n) is 3.63. The normalized spacial score (nSPS) is 11.4. The van der Waals surface area contributed by atoms with Crippen molar-refractivity contribution in [3.8, 4) is 23.3 Å². The van der Waals surface area contributed by atoms with Crippen molar-refractivity contribution in [2.45, 2.75) is 0 Å². The second-order valence-corrected chi connectivity index (χ2v) is 5.48. The highest BCUT2D eigenvalue weighted by Crippen LogP contribution is 2.34. The van der Waals surface area contributed by atoms with Gasteiger partial charge in [-0.25, -0.2) is 9.78 Å². The predicted octanol–water partition coefficient (Wildman–Crippen LogP) is 1.47. The molecule has 9 heteroatoms. The van der Waals surface area contributed by atoms with Gasteiger partial charge in [-0.2, -0.15) is 5.26 Å². The number of pyridine rings is 1. The lowest BCUT2D eigenvalue weighted by Gasteiger charge is -2.10. The highest BCUT2D eigenvalue weighted by Gasteiger charge is 2.13. The Kier molecular flexibility index (Phi) is 6.14. The van der Waals surface area contributed by atoms with Crippen molar-refractivity contribution in [3.05, 3.63) is 42.1 Å². The number of carbonyl (C=O) groups excluding carboxylic acids is 1. The van der Waals surface area contributed by atoms with Crippen molar-refractivity contribution < 1.29 is 19.0 Å². The average molecular weight is 369 g/mol. The Morgan fingerprint density at radius 1 is 1.19 bits per heavy atom. The number of hydrogen-bond acceptors (Lipinski definition) is 7. The number of rotatable bonds is 8. The van der Waals surface area contributed by atoms with Crippen molar-refractivity contribution in [1.82, 2.24) is 15.6 Å². The summed E-state index contributed by atoms with van der Waals surface area (Å²) in [5.74, 6) is 2.49. The van der Waals surface area contributed by atoms with Gasteiger partial charge < -0.3 is 30.2 Å². The van der Waals surface area contributed by atoms with Crippen molar-refractivity contribution >= 4 is 11.8 Å². The van der Waals surface area contributed by atoms with Crippen LogP contribution in [0.2, 0.25) is 0 Å². The molecule has 0 atom stereocenters. The first-order valence-electron chi connectivity index (χ1n) is 8.39. The summed E-state index contributed by atoms with van der Waals surface area (Å²) in [6, 6.07) is 10.4. The summed E-state index contributed by atoms with van der Waals surface area (Å²) in [6.07, 6.45) is 1.60. The van der Waals surface area contributed by atoms with Crippen LogP contribution < -0.4 is 30.2 Å². The molecule has 0 radical (unpaired) electrons. The molecule has 0 aliphatic carbocycles. The Labute approximate surface area is 156 Å². The molecule has 0 unspecified atom stereocenters. The second-order valence-electron chi connectivity index (χ2n) is 5.48. The molecule has 27 heavy (non-hydrogen) atoms. The third kappa shape index (κ3) is 5.15. The number of hydrogen-bond donors (Lipinski definition) is 3. The molecule has 1 aromatic carbocycles. The van der Waals surface area contributed by atoms with Gasteiger partial charge in [0.1, 0.15) is 24.2 Å². The number of amides is 2. The number of nitrogens with zero attached hydrogens (tertiary/aromatic N) is 2. The Bertz CT molecular complexity index is 837. The van der Waals surface area contributed by atoms with E-state index in [-0.39, 0.29) is 12.8 Å². The molecule has 140 valence electrons. The van der Waals surface area contributed by atoms with Crippen LogP contribution in [-0.2, 0) is 0 Å². The number of carbonyl (C=O) groups is 1. The topological polar surface area (TPSA) is 118 Å². The zero-order valence-corrected chi connectivity index (χ0v) is 14.5. The maximum atomic E-state index is 11.7. The van der Waals surface area contributed by atoms with Crippen LogP contribution in [0.1, 0.15) is 5.56 Å². The monoisotopic (exact) mass is 369 g/mol. The molecule has 2 aromatic rings. The minimum absolute atomic E-state index is 0.216. The molecule has 3 rings (SSSR count). The van der Waals surface area contributed by atoms with E-state index >= 15 is 0 Å². The van der Waals surface area contributed by atoms with E-state index in [9.17, 15) is 4.79 Å². The van der Waals surface area contributed by atoms with Crippen molar-refractivity contribution in [2.75, 3.05) is 38.4 Å². The summed E-state index contributed by atoms with van der Waals surface area (Å²) in [5.41, 5.74) is 0.461. The van der Waals surface area contributed by atoms with E-state index in [2.05, 4.69) is 27.0 Å². The van der Waals surface area contributed by atoms with Gasteiger partial charge in [-0.1, -0.05) is 0 Å². The third-order valence-corrected chi connectivity index (χ3v) is 3.63. The number of fused-ring (bicyclic) bond motifs is 1. The fourth-order valence-corrected chi connectivity index (χ4v) is 2.36. The molecule has 9 nitrogen and oxygen atoms in total. The van der Waals surface area contributed by atoms with Crippen LogP contribution in [0, 0.1) is 11.3 Å². The molecule has 0 spiro atoms. The molecule has 0 saturated heterocycles. The average Bonchev–Trinajstić information content (AvgIpc) is 3.17. The van der Waals surface area contributed by atoms with E-state index in [0.717, 1.165) is 0 Å². The van der Waals surface area contributed by atoms with Crippen molar-refractivity contribution in [2.24, 2.45) is 0 Å². The van der Waals surface area contributed by atoms with Gasteiger partial charge in [-0.15, -0.1) is 0 Å². The largest absolute Gasteiger partial charge is 0.492 e. The zero-order chi connectivity index (χ0) is 18.9. The smallest absolute Gasteiger partial charge is 0.314 e. The molecule has 2 heterocycles. The molecular formula is C18H19N5O4. The second kappa shape index (κ2) is 9.15. The summed E-state index contributed by atoms with van der Waals surface area (Å²) < 4.78 is 16.1. The summed E-state index contributed by atoms with van der Waals surface area (Å²) in [6.45, 7) is 1.73. The SMILES string of the molecule is N#Cc1cccnc1NCCNC(=O)NCCOc1ccc2c(c1)OCO2. The number of nitrogens with one attached hydrogen (secondary N) is 3. The molecule has 1 aliphatic rings. The van der Waals surface area contributed by atoms with Crippen LogP contribution in [0.25, 0.3) is 0 Å². The number of anilines is 1. The van der Waals surface area contributed by atoms with Crippen molar-refractivity contribution in [1.29, 1.82) is 5.26 Å². The van der Waals surface area contributed by atoms with Crippen LogP contribution >= 0.6 is 0 Å². The maximum Gasteiger partial charge on any atom is 0.314 e. The lowest BCUT2D eigenvalue weighted by atomic mass is 10.3. The number of ether oxygens (including phenoxy) is 3. The molecule has 0 fully saturated rings. The number of urea groups is 1. The van der Waals surface area contributed by atoms with Crippen LogP contribution in [0.4, 0.5) is 10.6 Å². The molecule has 1 aliphatic heterocycles. The first-order valence-corrected chi connectivity index (χ1v) is 8.39. The van der Waals surface area contributed by atoms with E-state index in [1.54, 1.807) is 36.5 Å². The lowest BCUT2D eigenvalue weighted by Crippen LogP contribution is -2.39. The van der Waals surface area contributed by atoms with Gasteiger partial charge in [0.05, 0.1) is 12.1 Å². The van der Waals surface area contributed by atoms with Crippen LogP contribution in [0.5, 0.6) is 17.2 Å². The number of benzene rings is 1. The standard InChI is InChI=1S/C18H19N5O4/c19-11-13-2-1-5-20-17(13)21-6-7-22-18(24)23-8-9-25-14-3-4-15-16(10-14)27-12-26-15/h1-5,10H,6-9,12H2,(H,20,21)(H2,22,23,24). The van der Waals surface area contributed by atoms with Gasteiger partial charge in [0, 0.05) is 25.4 Å². The van der Waals surface area contributed by atoms with E-state index in [4.69, 9.17) is 19.5 Å². The minimum atomic E-state index is -0.299. The van der Waals surface area contributed by atoms with E-state index in [1.807, 2.05) is 0 Å². The number of nitriles is 1. The summed E-state index contributed by atoms with van der Waals surface area (Å²) in [5, 5.41) is 17.4. The van der Waals surface area contributed by atoms with Gasteiger partial charge in [0.15, 0.2) is 11.5 Å². The Morgan fingerprint density at radius 2 is 2.04 bits per heavy atom. The zero-order valence-electron chi connectivity index (χ0n) is 14.5. The summed E-state index contributed by atoms with van der Waals surface area (Å²) in [4.78, 5) is 15.8. The first kappa shape index (κ1) is 18.1. The van der Waals surface area contributed by atoms with Crippen LogP contribution in [0.3, 0.4) is 0 Å². The quantitative estimate of drug-likeness (QED) is 0.603. The summed E-state index contributed by atoms with van der Waals surface area (Å²) in [7, 11) is 0. The van der Waals surface area contributed by atoms with E-state index in [1.165, 1.54) is 0 Å². The highest BCUT2D eigenvalue weighted by molar-refractivity contribution is 5.73. The number of aromatic nitrogens is 1. The van der Waals surface area contributed by atoms with Gasteiger partial charge in [0.2, 0.25) is 6.79 Å². The molecule has 0 saturated carbocycles. The summed E-state index contributed by atoms with van der Waals surface area (Å²) >= 11 is 0. The van der Waals surface area contributed by atoms with Gasteiger partial charge in [0.25, 0.3) is 0 Å². The Hall–Kier alpha value is -3.67. The molecule has 0 bridgehead atoms. The van der Waals surface area contributed by atoms with Gasteiger partial charge >= 0.3 is 6.03 Å².